The predicted molar refractivity (Wildman–Crippen MR) is 93.6 cm³/mol. The van der Waals surface area contributed by atoms with E-state index in [1.807, 2.05) is 0 Å². The highest BCUT2D eigenvalue weighted by atomic mass is 35.5. The molecule has 0 aromatic heterocycles. The standard InChI is InChI=1S/C16H15Cl2NO3S/c1-11(16(20)19-14-8-6-13(17)7-9-14)23(21,22)10-12-4-2-3-5-15(12)18/h2-9,11H,10H2,1H3,(H,19,20)/t11-/m1/s1. The van der Waals surface area contributed by atoms with Gasteiger partial charge in [-0.05, 0) is 42.8 Å². The Kier molecular flexibility index (Phi) is 5.68. The van der Waals surface area contributed by atoms with Crippen LogP contribution in [0.2, 0.25) is 10.0 Å². The smallest absolute Gasteiger partial charge is 0.242 e. The van der Waals surface area contributed by atoms with Crippen LogP contribution in [-0.4, -0.2) is 19.6 Å². The predicted octanol–water partition coefficient (Wildman–Crippen LogP) is 3.94. The summed E-state index contributed by atoms with van der Waals surface area (Å²) in [6.45, 7) is 1.36. The van der Waals surface area contributed by atoms with Gasteiger partial charge in [0.2, 0.25) is 5.91 Å². The molecule has 0 aliphatic carbocycles. The van der Waals surface area contributed by atoms with E-state index >= 15 is 0 Å². The van der Waals surface area contributed by atoms with E-state index in [4.69, 9.17) is 23.2 Å². The van der Waals surface area contributed by atoms with Crippen molar-refractivity contribution in [3.8, 4) is 0 Å². The normalized spacial score (nSPS) is 12.7. The molecule has 0 unspecified atom stereocenters. The summed E-state index contributed by atoms with van der Waals surface area (Å²) in [6.07, 6.45) is 0. The molecule has 0 aliphatic rings. The van der Waals surface area contributed by atoms with Gasteiger partial charge in [0.15, 0.2) is 9.84 Å². The molecule has 4 nitrogen and oxygen atoms in total. The highest BCUT2D eigenvalue weighted by molar-refractivity contribution is 7.92. The van der Waals surface area contributed by atoms with Crippen molar-refractivity contribution >= 4 is 44.6 Å². The van der Waals surface area contributed by atoms with Gasteiger partial charge in [-0.3, -0.25) is 4.79 Å². The van der Waals surface area contributed by atoms with Crippen LogP contribution < -0.4 is 5.32 Å². The number of rotatable bonds is 5. The summed E-state index contributed by atoms with van der Waals surface area (Å²) in [5.74, 6) is -0.888. The van der Waals surface area contributed by atoms with Crippen molar-refractivity contribution in [3.05, 3.63) is 64.1 Å². The van der Waals surface area contributed by atoms with Gasteiger partial charge in [0.1, 0.15) is 5.25 Å². The molecule has 1 amide bonds. The van der Waals surface area contributed by atoms with E-state index in [0.717, 1.165) is 0 Å². The molecule has 0 radical (unpaired) electrons. The highest BCUT2D eigenvalue weighted by Gasteiger charge is 2.28. The van der Waals surface area contributed by atoms with Crippen molar-refractivity contribution in [2.45, 2.75) is 17.9 Å². The quantitative estimate of drug-likeness (QED) is 0.865. The molecule has 2 aromatic rings. The molecule has 1 N–H and O–H groups in total. The fraction of sp³-hybridized carbons (Fsp3) is 0.188. The Labute approximate surface area is 145 Å². The minimum Gasteiger partial charge on any atom is -0.325 e. The van der Waals surface area contributed by atoms with Crippen molar-refractivity contribution in [1.29, 1.82) is 0 Å². The van der Waals surface area contributed by atoms with Crippen LogP contribution in [0.25, 0.3) is 0 Å². The molecule has 0 bridgehead atoms. The largest absolute Gasteiger partial charge is 0.325 e. The molecule has 0 saturated carbocycles. The summed E-state index contributed by atoms with van der Waals surface area (Å²) >= 11 is 11.7. The van der Waals surface area contributed by atoms with Gasteiger partial charge in [-0.2, -0.15) is 0 Å². The number of hydrogen-bond donors (Lipinski definition) is 1. The molecule has 23 heavy (non-hydrogen) atoms. The molecule has 7 heteroatoms. The molecule has 2 aromatic carbocycles. The Morgan fingerprint density at radius 3 is 2.30 bits per heavy atom. The molecule has 2 rings (SSSR count). The van der Waals surface area contributed by atoms with E-state index in [1.54, 1.807) is 48.5 Å². The Hall–Kier alpha value is -1.56. The van der Waals surface area contributed by atoms with Crippen molar-refractivity contribution in [2.24, 2.45) is 0 Å². The number of nitrogens with one attached hydrogen (secondary N) is 1. The van der Waals surface area contributed by atoms with Gasteiger partial charge >= 0.3 is 0 Å². The second-order valence-electron chi connectivity index (χ2n) is 5.04. The Balaban J connectivity index is 2.11. The van der Waals surface area contributed by atoms with Crippen LogP contribution in [0.3, 0.4) is 0 Å². The van der Waals surface area contributed by atoms with Crippen LogP contribution in [0.15, 0.2) is 48.5 Å². The lowest BCUT2D eigenvalue weighted by atomic mass is 10.2. The lowest BCUT2D eigenvalue weighted by Gasteiger charge is -2.14. The highest BCUT2D eigenvalue weighted by Crippen LogP contribution is 2.21. The van der Waals surface area contributed by atoms with Crippen LogP contribution in [0, 0.1) is 0 Å². The Morgan fingerprint density at radius 1 is 1.09 bits per heavy atom. The van der Waals surface area contributed by atoms with Crippen LogP contribution in [0.5, 0.6) is 0 Å². The van der Waals surface area contributed by atoms with Crippen LogP contribution in [0.1, 0.15) is 12.5 Å². The monoisotopic (exact) mass is 371 g/mol. The third-order valence-electron chi connectivity index (χ3n) is 3.33. The minimum atomic E-state index is -3.69. The summed E-state index contributed by atoms with van der Waals surface area (Å²) in [4.78, 5) is 12.2. The maximum Gasteiger partial charge on any atom is 0.242 e. The minimum absolute atomic E-state index is 0.290. The van der Waals surface area contributed by atoms with E-state index in [-0.39, 0.29) is 5.75 Å². The van der Waals surface area contributed by atoms with Crippen molar-refractivity contribution in [1.82, 2.24) is 0 Å². The molecule has 0 aliphatic heterocycles. The molecule has 0 spiro atoms. The van der Waals surface area contributed by atoms with Gasteiger partial charge < -0.3 is 5.32 Å². The first-order valence-corrected chi connectivity index (χ1v) is 9.28. The maximum absolute atomic E-state index is 12.4. The van der Waals surface area contributed by atoms with E-state index < -0.39 is 21.0 Å². The second-order valence-corrected chi connectivity index (χ2v) is 8.20. The summed E-state index contributed by atoms with van der Waals surface area (Å²) in [6, 6.07) is 13.1. The topological polar surface area (TPSA) is 63.2 Å². The van der Waals surface area contributed by atoms with Gasteiger partial charge in [-0.1, -0.05) is 41.4 Å². The van der Waals surface area contributed by atoms with Crippen LogP contribution >= 0.6 is 23.2 Å². The number of benzene rings is 2. The molecule has 0 heterocycles. The molecular weight excluding hydrogens is 357 g/mol. The number of carbonyl (C=O) groups is 1. The lowest BCUT2D eigenvalue weighted by Crippen LogP contribution is -2.33. The average Bonchev–Trinajstić information content (AvgIpc) is 2.51. The van der Waals surface area contributed by atoms with Gasteiger partial charge in [0.25, 0.3) is 0 Å². The summed E-state index contributed by atoms with van der Waals surface area (Å²) in [7, 11) is -3.69. The van der Waals surface area contributed by atoms with Crippen molar-refractivity contribution in [2.75, 3.05) is 5.32 Å². The molecular formula is C16H15Cl2NO3S. The van der Waals surface area contributed by atoms with Gasteiger partial charge in [0.05, 0.1) is 5.75 Å². The fourth-order valence-corrected chi connectivity index (χ4v) is 3.63. The fourth-order valence-electron chi connectivity index (χ4n) is 1.90. The summed E-state index contributed by atoms with van der Waals surface area (Å²) in [5.41, 5.74) is 0.958. The Morgan fingerprint density at radius 2 is 1.70 bits per heavy atom. The zero-order valence-corrected chi connectivity index (χ0v) is 14.6. The van der Waals surface area contributed by atoms with Gasteiger partial charge in [-0.25, -0.2) is 8.42 Å². The van der Waals surface area contributed by atoms with Crippen LogP contribution in [0.4, 0.5) is 5.69 Å². The molecule has 1 atom stereocenters. The van der Waals surface area contributed by atoms with Crippen LogP contribution in [-0.2, 0) is 20.4 Å². The van der Waals surface area contributed by atoms with E-state index in [9.17, 15) is 13.2 Å². The third kappa shape index (κ3) is 4.70. The number of sulfone groups is 1. The number of halogens is 2. The SMILES string of the molecule is C[C@H](C(=O)Nc1ccc(Cl)cc1)S(=O)(=O)Cc1ccccc1Cl. The van der Waals surface area contributed by atoms with Gasteiger partial charge in [-0.15, -0.1) is 0 Å². The molecule has 122 valence electrons. The average molecular weight is 372 g/mol. The molecule has 0 saturated heterocycles. The zero-order chi connectivity index (χ0) is 17.0. The number of anilines is 1. The van der Waals surface area contributed by atoms with E-state index in [2.05, 4.69) is 5.32 Å². The van der Waals surface area contributed by atoms with E-state index in [1.165, 1.54) is 6.92 Å². The number of carbonyl (C=O) groups excluding carboxylic acids is 1. The maximum atomic E-state index is 12.4. The Bertz CT molecular complexity index is 804. The second kappa shape index (κ2) is 7.34. The number of amides is 1. The first kappa shape index (κ1) is 17.8. The summed E-state index contributed by atoms with van der Waals surface area (Å²) in [5, 5.41) is 2.26. The third-order valence-corrected chi connectivity index (χ3v) is 5.96. The summed E-state index contributed by atoms with van der Waals surface area (Å²) < 4.78 is 24.8. The van der Waals surface area contributed by atoms with E-state index in [0.29, 0.717) is 21.3 Å². The number of hydrogen-bond acceptors (Lipinski definition) is 3. The molecule has 0 fully saturated rings. The lowest BCUT2D eigenvalue weighted by molar-refractivity contribution is -0.115. The van der Waals surface area contributed by atoms with Gasteiger partial charge in [0, 0.05) is 15.7 Å². The van der Waals surface area contributed by atoms with Crippen molar-refractivity contribution < 1.29 is 13.2 Å². The van der Waals surface area contributed by atoms with Crippen molar-refractivity contribution in [3.63, 3.8) is 0 Å². The first-order valence-electron chi connectivity index (χ1n) is 6.81. The zero-order valence-electron chi connectivity index (χ0n) is 12.3. The first-order chi connectivity index (χ1) is 10.8.